The summed E-state index contributed by atoms with van der Waals surface area (Å²) in [5, 5.41) is 15.3. The van der Waals surface area contributed by atoms with Gasteiger partial charge in [-0.2, -0.15) is 5.06 Å². The molecule has 0 bridgehead atoms. The van der Waals surface area contributed by atoms with Gasteiger partial charge in [0.1, 0.15) is 0 Å². The van der Waals surface area contributed by atoms with Crippen LogP contribution in [0.1, 0.15) is 73.3 Å². The van der Waals surface area contributed by atoms with Crippen LogP contribution in [-0.2, 0) is 11.2 Å². The van der Waals surface area contributed by atoms with Crippen LogP contribution in [0.4, 0.5) is 0 Å². The van der Waals surface area contributed by atoms with Crippen molar-refractivity contribution in [2.24, 2.45) is 17.8 Å². The number of hydrogen-bond acceptors (Lipinski definition) is 3. The molecular weight excluding hydrogens is 372 g/mol. The third kappa shape index (κ3) is 6.95. The molecule has 2 rings (SSSR count). The van der Waals surface area contributed by atoms with Gasteiger partial charge in [-0.1, -0.05) is 63.3 Å². The number of rotatable bonds is 8. The highest BCUT2D eigenvalue weighted by Crippen LogP contribution is 2.36. The van der Waals surface area contributed by atoms with Crippen LogP contribution in [0.5, 0.6) is 0 Å². The molecule has 0 spiro atoms. The fourth-order valence-corrected chi connectivity index (χ4v) is 4.94. The molecule has 1 aromatic rings. The average Bonchev–Trinajstić information content (AvgIpc) is 2.62. The third-order valence-corrected chi connectivity index (χ3v) is 6.14. The van der Waals surface area contributed by atoms with Crippen molar-refractivity contribution >= 4 is 5.91 Å². The Labute approximate surface area is 183 Å². The fourth-order valence-electron chi connectivity index (χ4n) is 4.94. The Balaban J connectivity index is 2.14. The van der Waals surface area contributed by atoms with Crippen LogP contribution in [-0.4, -0.2) is 33.3 Å². The van der Waals surface area contributed by atoms with Crippen LogP contribution in [0.25, 0.3) is 0 Å². The standard InChI is InChI=1S/C26H42N2O2/c1-19(2)15-20(3)13-14-22(16-21-11-9-8-10-12-21)24(29)27-23-17-25(4,5)28(30)26(6,7)18-23/h8-14,19-20,22-23,30H,15-18H2,1-7H3,(H,27,29)/b14-13+/t20-,22-/m1/s1. The Hall–Kier alpha value is -1.65. The summed E-state index contributed by atoms with van der Waals surface area (Å²) in [5.41, 5.74) is 0.414. The highest BCUT2D eigenvalue weighted by Gasteiger charge is 2.45. The molecule has 1 heterocycles. The lowest BCUT2D eigenvalue weighted by molar-refractivity contribution is -0.246. The first-order valence-electron chi connectivity index (χ1n) is 11.4. The second kappa shape index (κ2) is 10.1. The minimum Gasteiger partial charge on any atom is -0.353 e. The number of allylic oxidation sites excluding steroid dienone is 1. The topological polar surface area (TPSA) is 52.6 Å². The zero-order chi connectivity index (χ0) is 22.5. The van der Waals surface area contributed by atoms with Crippen LogP contribution < -0.4 is 5.32 Å². The number of carbonyl (C=O) groups is 1. The molecule has 4 nitrogen and oxygen atoms in total. The van der Waals surface area contributed by atoms with Crippen molar-refractivity contribution in [2.45, 2.75) is 91.3 Å². The highest BCUT2D eigenvalue weighted by molar-refractivity contribution is 5.81. The summed E-state index contributed by atoms with van der Waals surface area (Å²) < 4.78 is 0. The van der Waals surface area contributed by atoms with E-state index in [-0.39, 0.29) is 28.9 Å². The van der Waals surface area contributed by atoms with Gasteiger partial charge in [0, 0.05) is 17.1 Å². The first-order valence-corrected chi connectivity index (χ1v) is 11.4. The van der Waals surface area contributed by atoms with Gasteiger partial charge < -0.3 is 10.5 Å². The molecule has 1 aliphatic rings. The second-order valence-electron chi connectivity index (χ2n) is 10.8. The van der Waals surface area contributed by atoms with Gasteiger partial charge in [0.05, 0.1) is 5.92 Å². The molecule has 0 aliphatic carbocycles. The molecule has 1 saturated heterocycles. The van der Waals surface area contributed by atoms with Gasteiger partial charge in [-0.15, -0.1) is 0 Å². The normalized spacial score (nSPS) is 21.6. The minimum absolute atomic E-state index is 0.0469. The van der Waals surface area contributed by atoms with Crippen LogP contribution >= 0.6 is 0 Å². The fraction of sp³-hybridized carbons (Fsp3) is 0.654. The van der Waals surface area contributed by atoms with Crippen LogP contribution in [0.2, 0.25) is 0 Å². The molecular formula is C26H42N2O2. The Morgan fingerprint density at radius 1 is 1.10 bits per heavy atom. The predicted octanol–water partition coefficient (Wildman–Crippen LogP) is 5.61. The molecule has 30 heavy (non-hydrogen) atoms. The van der Waals surface area contributed by atoms with Gasteiger partial charge >= 0.3 is 0 Å². The molecule has 0 radical (unpaired) electrons. The molecule has 0 unspecified atom stereocenters. The number of amides is 1. The lowest BCUT2D eigenvalue weighted by Crippen LogP contribution is -2.63. The van der Waals surface area contributed by atoms with Gasteiger partial charge in [0.15, 0.2) is 0 Å². The summed E-state index contributed by atoms with van der Waals surface area (Å²) in [4.78, 5) is 13.3. The van der Waals surface area contributed by atoms with E-state index in [1.54, 1.807) is 0 Å². The van der Waals surface area contributed by atoms with E-state index < -0.39 is 0 Å². The lowest BCUT2D eigenvalue weighted by atomic mass is 9.78. The van der Waals surface area contributed by atoms with E-state index in [2.05, 4.69) is 50.4 Å². The summed E-state index contributed by atoms with van der Waals surface area (Å²) in [5.74, 6) is 0.973. The number of piperidine rings is 1. The Morgan fingerprint density at radius 3 is 2.20 bits per heavy atom. The summed E-state index contributed by atoms with van der Waals surface area (Å²) in [7, 11) is 0. The van der Waals surface area contributed by atoms with E-state index in [9.17, 15) is 10.0 Å². The van der Waals surface area contributed by atoms with E-state index in [1.807, 2.05) is 45.9 Å². The van der Waals surface area contributed by atoms with Gasteiger partial charge in [-0.05, 0) is 70.8 Å². The van der Waals surface area contributed by atoms with E-state index in [0.29, 0.717) is 18.3 Å². The SMILES string of the molecule is CC(C)C[C@H](C)/C=C/[C@H](Cc1ccccc1)C(=O)NC1CC(C)(C)N(O)C(C)(C)C1. The van der Waals surface area contributed by atoms with E-state index in [0.717, 1.165) is 19.3 Å². The number of hydrogen-bond donors (Lipinski definition) is 2. The van der Waals surface area contributed by atoms with E-state index >= 15 is 0 Å². The summed E-state index contributed by atoms with van der Waals surface area (Å²) in [6.07, 6.45) is 7.58. The van der Waals surface area contributed by atoms with Crippen LogP contribution in [0, 0.1) is 17.8 Å². The molecule has 1 aliphatic heterocycles. The smallest absolute Gasteiger partial charge is 0.227 e. The molecule has 1 aromatic carbocycles. The third-order valence-electron chi connectivity index (χ3n) is 6.14. The van der Waals surface area contributed by atoms with Gasteiger partial charge in [0.25, 0.3) is 0 Å². The number of benzene rings is 1. The van der Waals surface area contributed by atoms with Crippen molar-refractivity contribution in [3.05, 3.63) is 48.0 Å². The molecule has 0 saturated carbocycles. The summed E-state index contributed by atoms with van der Waals surface area (Å²) >= 11 is 0. The molecule has 2 N–H and O–H groups in total. The minimum atomic E-state index is -0.379. The van der Waals surface area contributed by atoms with Crippen molar-refractivity contribution in [2.75, 3.05) is 0 Å². The van der Waals surface area contributed by atoms with Gasteiger partial charge in [0.2, 0.25) is 5.91 Å². The van der Waals surface area contributed by atoms with E-state index in [1.165, 1.54) is 10.6 Å². The van der Waals surface area contributed by atoms with Crippen molar-refractivity contribution in [1.29, 1.82) is 0 Å². The predicted molar refractivity (Wildman–Crippen MR) is 124 cm³/mol. The maximum Gasteiger partial charge on any atom is 0.227 e. The second-order valence-corrected chi connectivity index (χ2v) is 10.8. The lowest BCUT2D eigenvalue weighted by Gasteiger charge is -2.51. The molecule has 1 amide bonds. The van der Waals surface area contributed by atoms with Crippen LogP contribution in [0.3, 0.4) is 0 Å². The van der Waals surface area contributed by atoms with Crippen molar-refractivity contribution in [3.8, 4) is 0 Å². The first kappa shape index (κ1) is 24.6. The van der Waals surface area contributed by atoms with Gasteiger partial charge in [-0.3, -0.25) is 4.79 Å². The number of carbonyl (C=O) groups excluding carboxylic acids is 1. The first-order chi connectivity index (χ1) is 13.9. The maximum absolute atomic E-state index is 13.3. The van der Waals surface area contributed by atoms with Crippen molar-refractivity contribution < 1.29 is 10.0 Å². The van der Waals surface area contributed by atoms with Crippen LogP contribution in [0.15, 0.2) is 42.5 Å². The molecule has 168 valence electrons. The number of nitrogens with zero attached hydrogens (tertiary/aromatic N) is 1. The zero-order valence-electron chi connectivity index (χ0n) is 20.0. The largest absolute Gasteiger partial charge is 0.353 e. The van der Waals surface area contributed by atoms with Crippen molar-refractivity contribution in [3.63, 3.8) is 0 Å². The quantitative estimate of drug-likeness (QED) is 0.544. The highest BCUT2D eigenvalue weighted by atomic mass is 16.5. The Morgan fingerprint density at radius 2 is 1.67 bits per heavy atom. The molecule has 0 aromatic heterocycles. The van der Waals surface area contributed by atoms with E-state index in [4.69, 9.17) is 0 Å². The molecule has 4 heteroatoms. The Kier molecular flexibility index (Phi) is 8.29. The monoisotopic (exact) mass is 414 g/mol. The van der Waals surface area contributed by atoms with Crippen molar-refractivity contribution in [1.82, 2.24) is 10.4 Å². The summed E-state index contributed by atoms with van der Waals surface area (Å²) in [6, 6.07) is 10.3. The summed E-state index contributed by atoms with van der Waals surface area (Å²) in [6.45, 7) is 14.8. The number of nitrogens with one attached hydrogen (secondary N) is 1. The maximum atomic E-state index is 13.3. The Bertz CT molecular complexity index is 691. The molecule has 2 atom stereocenters. The zero-order valence-corrected chi connectivity index (χ0v) is 20.0. The van der Waals surface area contributed by atoms with Gasteiger partial charge in [-0.25, -0.2) is 0 Å². The molecule has 1 fully saturated rings. The number of hydroxylamine groups is 2. The average molecular weight is 415 g/mol.